The maximum Gasteiger partial charge on any atom is 0.245 e. The van der Waals surface area contributed by atoms with Crippen molar-refractivity contribution in [2.45, 2.75) is 38.1 Å². The first-order valence-electron chi connectivity index (χ1n) is 15.8. The molecule has 4 bridgehead atoms. The number of pyridine rings is 1. The van der Waals surface area contributed by atoms with Gasteiger partial charge in [0, 0.05) is 63.4 Å². The van der Waals surface area contributed by atoms with Gasteiger partial charge in [0.15, 0.2) is 11.6 Å². The third-order valence-electron chi connectivity index (χ3n) is 9.29. The number of benzene rings is 2. The van der Waals surface area contributed by atoms with E-state index in [2.05, 4.69) is 25.5 Å². The van der Waals surface area contributed by atoms with Crippen LogP contribution >= 0.6 is 0 Å². The molecule has 0 unspecified atom stereocenters. The van der Waals surface area contributed by atoms with Gasteiger partial charge in [-0.25, -0.2) is 28.1 Å². The second kappa shape index (κ2) is 11.8. The average molecular weight is 669 g/mol. The molecule has 2 aromatic carbocycles. The summed E-state index contributed by atoms with van der Waals surface area (Å²) < 4.78 is 52.9. The zero-order chi connectivity index (χ0) is 34.0. The molecular formula is C34H31F3N10O2. The molecule has 6 heterocycles. The Bertz CT molecular complexity index is 2260. The molecule has 0 aliphatic carbocycles. The number of hydrogen-bond acceptors (Lipinski definition) is 9. The number of amides is 1. The van der Waals surface area contributed by atoms with E-state index in [0.29, 0.717) is 59.4 Å². The summed E-state index contributed by atoms with van der Waals surface area (Å²) in [5, 5.41) is 12.0. The topological polar surface area (TPSA) is 119 Å². The van der Waals surface area contributed by atoms with Crippen LogP contribution in [0.5, 0.6) is 0 Å². The van der Waals surface area contributed by atoms with Crippen molar-refractivity contribution in [3.63, 3.8) is 0 Å². The van der Waals surface area contributed by atoms with Crippen molar-refractivity contribution in [1.29, 1.82) is 0 Å². The summed E-state index contributed by atoms with van der Waals surface area (Å²) >= 11 is 0. The molecule has 1 fully saturated rings. The highest BCUT2D eigenvalue weighted by Crippen LogP contribution is 2.34. The molecule has 8 rings (SSSR count). The van der Waals surface area contributed by atoms with Gasteiger partial charge < -0.3 is 24.4 Å². The summed E-state index contributed by atoms with van der Waals surface area (Å²) in [4.78, 5) is 32.0. The van der Waals surface area contributed by atoms with Crippen molar-refractivity contribution in [3.8, 4) is 22.6 Å². The van der Waals surface area contributed by atoms with Gasteiger partial charge in [-0.2, -0.15) is 0 Å². The monoisotopic (exact) mass is 668 g/mol. The molecule has 0 saturated carbocycles. The number of aromatic nitrogens is 7. The van der Waals surface area contributed by atoms with E-state index in [1.807, 2.05) is 34.6 Å². The van der Waals surface area contributed by atoms with Crippen LogP contribution in [-0.4, -0.2) is 90.4 Å². The van der Waals surface area contributed by atoms with Crippen molar-refractivity contribution in [2.24, 2.45) is 0 Å². The summed E-state index contributed by atoms with van der Waals surface area (Å²) in [5.41, 5.74) is 2.78. The predicted octanol–water partition coefficient (Wildman–Crippen LogP) is 4.48. The molecule has 2 aliphatic heterocycles. The number of nitrogens with zero attached hydrogens (tertiary/aromatic N) is 9. The number of anilines is 2. The predicted molar refractivity (Wildman–Crippen MR) is 175 cm³/mol. The Balaban J connectivity index is 1.22. The molecule has 1 amide bonds. The first kappa shape index (κ1) is 30.7. The normalized spacial score (nSPS) is 19.7. The number of carbonyl (C=O) groups is 1. The number of rotatable bonds is 3. The Labute approximate surface area is 278 Å². The molecule has 12 nitrogen and oxygen atoms in total. The lowest BCUT2D eigenvalue weighted by atomic mass is 10.1. The van der Waals surface area contributed by atoms with Crippen LogP contribution in [0.3, 0.4) is 0 Å². The summed E-state index contributed by atoms with van der Waals surface area (Å²) in [6.45, 7) is 2.82. The van der Waals surface area contributed by atoms with E-state index < -0.39 is 29.6 Å². The fourth-order valence-electron chi connectivity index (χ4n) is 6.98. The van der Waals surface area contributed by atoms with Gasteiger partial charge in [0.25, 0.3) is 0 Å². The van der Waals surface area contributed by atoms with Crippen molar-refractivity contribution in [1.82, 2.24) is 39.0 Å². The van der Waals surface area contributed by atoms with Crippen LogP contribution in [0.2, 0.25) is 0 Å². The lowest BCUT2D eigenvalue weighted by Gasteiger charge is -2.30. The average Bonchev–Trinajstić information content (AvgIpc) is 3.78. The van der Waals surface area contributed by atoms with E-state index in [4.69, 9.17) is 9.72 Å². The number of methoxy groups -OCH3 is 1. The molecule has 15 heteroatoms. The van der Waals surface area contributed by atoms with Crippen molar-refractivity contribution >= 4 is 34.2 Å². The molecule has 49 heavy (non-hydrogen) atoms. The maximum atomic E-state index is 14.9. The minimum absolute atomic E-state index is 0.0734. The smallest absolute Gasteiger partial charge is 0.245 e. The van der Waals surface area contributed by atoms with Crippen LogP contribution in [0.15, 0.2) is 60.9 Å². The molecule has 250 valence electrons. The highest BCUT2D eigenvalue weighted by Gasteiger charge is 2.41. The molecule has 1 saturated heterocycles. The van der Waals surface area contributed by atoms with Gasteiger partial charge in [0.2, 0.25) is 11.6 Å². The Morgan fingerprint density at radius 1 is 0.959 bits per heavy atom. The highest BCUT2D eigenvalue weighted by molar-refractivity contribution is 5.92. The quantitative estimate of drug-likeness (QED) is 0.291. The number of likely N-dealkylation sites (N-methyl/N-ethyl adjacent to an activating group) is 1. The van der Waals surface area contributed by atoms with Gasteiger partial charge in [-0.05, 0) is 43.7 Å². The summed E-state index contributed by atoms with van der Waals surface area (Å²) in [7, 11) is 3.33. The maximum absolute atomic E-state index is 14.9. The Hall–Kier alpha value is -5.57. The van der Waals surface area contributed by atoms with Crippen LogP contribution in [0.4, 0.5) is 24.8 Å². The van der Waals surface area contributed by atoms with Gasteiger partial charge in [0.05, 0.1) is 34.9 Å². The molecule has 3 atom stereocenters. The fourth-order valence-corrected chi connectivity index (χ4v) is 6.98. The lowest BCUT2D eigenvalue weighted by Crippen LogP contribution is -2.47. The van der Waals surface area contributed by atoms with E-state index in [1.54, 1.807) is 29.7 Å². The molecule has 0 spiro atoms. The second-order valence-corrected chi connectivity index (χ2v) is 12.4. The Morgan fingerprint density at radius 2 is 1.82 bits per heavy atom. The van der Waals surface area contributed by atoms with E-state index in [-0.39, 0.29) is 29.9 Å². The molecule has 4 aromatic heterocycles. The van der Waals surface area contributed by atoms with Crippen LogP contribution in [0.25, 0.3) is 39.3 Å². The van der Waals surface area contributed by atoms with Gasteiger partial charge in [-0.1, -0.05) is 6.07 Å². The number of ether oxygens (including phenoxy) is 1. The SMILES string of the molecule is CO[C@H]1CN(C)C(=O)[C@@H]2C[C@@H](CN2c2nccn3c(-c4ccc(F)cc4F)nnc23)Nc2cccc(n2)-c2cc(F)cc3nc(C)n(c23)C1. The number of imidazole rings is 1. The third-order valence-corrected chi connectivity index (χ3v) is 9.29. The van der Waals surface area contributed by atoms with Gasteiger partial charge in [0.1, 0.15) is 35.1 Å². The highest BCUT2D eigenvalue weighted by atomic mass is 19.1. The minimum atomic E-state index is -0.777. The zero-order valence-corrected chi connectivity index (χ0v) is 26.8. The van der Waals surface area contributed by atoms with E-state index in [1.165, 1.54) is 24.4 Å². The number of nitrogens with one attached hydrogen (secondary N) is 1. The fraction of sp³-hybridized carbons (Fsp3) is 0.294. The van der Waals surface area contributed by atoms with E-state index in [9.17, 15) is 18.0 Å². The van der Waals surface area contributed by atoms with Crippen molar-refractivity contribution in [2.75, 3.05) is 37.5 Å². The van der Waals surface area contributed by atoms with E-state index >= 15 is 0 Å². The van der Waals surface area contributed by atoms with Gasteiger partial charge in [-0.3, -0.25) is 9.20 Å². The van der Waals surface area contributed by atoms with Crippen LogP contribution in [0, 0.1) is 24.4 Å². The molecule has 1 N–H and O–H groups in total. The number of aryl methyl sites for hydroxylation is 1. The molecule has 6 aromatic rings. The van der Waals surface area contributed by atoms with Gasteiger partial charge in [-0.15, -0.1) is 10.2 Å². The van der Waals surface area contributed by atoms with Crippen LogP contribution in [-0.2, 0) is 16.1 Å². The lowest BCUT2D eigenvalue weighted by molar-refractivity contribution is -0.132. The summed E-state index contributed by atoms with van der Waals surface area (Å²) in [6, 6.07) is 10.7. The molecule has 0 radical (unpaired) electrons. The molecular weight excluding hydrogens is 637 g/mol. The summed E-state index contributed by atoms with van der Waals surface area (Å²) in [6.07, 6.45) is 3.10. The second-order valence-electron chi connectivity index (χ2n) is 12.4. The number of carbonyl (C=O) groups excluding carboxylic acids is 1. The minimum Gasteiger partial charge on any atom is -0.378 e. The first-order chi connectivity index (χ1) is 23.7. The number of halogens is 3. The standard InChI is InChI=1S/C34H31F3N10O2/c1-18-39-27-13-20(36)11-24-26-5-4-6-29(41-26)40-21-14-28(34(48)44(2)16-22(49-3)17-46(18)30(24)27)47(15-21)32-33-43-42-31(45(33)10-9-38-32)23-8-7-19(35)12-25(23)37/h4-13,21-22,28H,14-17H2,1-3H3,(H,40,41)/t21-,22-,28-/m0/s1. The van der Waals surface area contributed by atoms with Gasteiger partial charge >= 0.3 is 0 Å². The number of hydrogen-bond donors (Lipinski definition) is 1. The van der Waals surface area contributed by atoms with Crippen LogP contribution in [0.1, 0.15) is 12.2 Å². The van der Waals surface area contributed by atoms with Crippen LogP contribution < -0.4 is 10.2 Å². The Morgan fingerprint density at radius 3 is 2.63 bits per heavy atom. The molecule has 2 aliphatic rings. The first-order valence-corrected chi connectivity index (χ1v) is 15.8. The largest absolute Gasteiger partial charge is 0.378 e. The van der Waals surface area contributed by atoms with Crippen molar-refractivity contribution < 1.29 is 22.7 Å². The summed E-state index contributed by atoms with van der Waals surface area (Å²) in [5.74, 6) is -0.286. The zero-order valence-electron chi connectivity index (χ0n) is 26.8. The third kappa shape index (κ3) is 5.30. The van der Waals surface area contributed by atoms with E-state index in [0.717, 1.165) is 17.6 Å². The Kier molecular flexibility index (Phi) is 7.43. The number of fused-ring (bicyclic) bond motifs is 6. The van der Waals surface area contributed by atoms with Crippen molar-refractivity contribution in [3.05, 3.63) is 84.2 Å².